The third kappa shape index (κ3) is 3.90. The first-order valence-corrected chi connectivity index (χ1v) is 13.5. The van der Waals surface area contributed by atoms with Crippen molar-refractivity contribution in [2.75, 3.05) is 11.5 Å². The molecule has 5 aromatic carbocycles. The Morgan fingerprint density at radius 3 is 1.91 bits per heavy atom. The van der Waals surface area contributed by atoms with E-state index in [1.165, 1.54) is 35.3 Å². The van der Waals surface area contributed by atoms with E-state index in [1.54, 1.807) is 24.3 Å². The molecule has 0 spiro atoms. The number of phenolic OH excluding ortho intramolecular Hbond substituents is 1. The van der Waals surface area contributed by atoms with Gasteiger partial charge in [0.15, 0.2) is 4.90 Å². The molecule has 0 saturated carbocycles. The van der Waals surface area contributed by atoms with Crippen LogP contribution in [0.3, 0.4) is 0 Å². The number of hydrogen-bond donors (Lipinski definition) is 1. The molecule has 6 heteroatoms. The average Bonchev–Trinajstić information content (AvgIpc) is 3.33. The van der Waals surface area contributed by atoms with Gasteiger partial charge in [-0.25, -0.2) is 8.42 Å². The lowest BCUT2D eigenvalue weighted by atomic mass is 9.94. The van der Waals surface area contributed by atoms with Crippen molar-refractivity contribution in [1.29, 1.82) is 0 Å². The Bertz CT molecular complexity index is 1490. The second-order valence-corrected chi connectivity index (χ2v) is 11.6. The van der Waals surface area contributed by atoms with Crippen LogP contribution in [-0.2, 0) is 21.0 Å². The van der Waals surface area contributed by atoms with E-state index >= 15 is 0 Å². The highest BCUT2D eigenvalue weighted by Gasteiger charge is 2.26. The van der Waals surface area contributed by atoms with E-state index in [4.69, 9.17) is 5.11 Å². The van der Waals surface area contributed by atoms with Gasteiger partial charge in [0.2, 0.25) is 0 Å². The topological polar surface area (TPSA) is 77.4 Å². The Hall–Kier alpha value is -2.80. The lowest BCUT2D eigenvalue weighted by Crippen LogP contribution is -2.02. The van der Waals surface area contributed by atoms with Gasteiger partial charge in [0.25, 0.3) is 0 Å². The minimum Gasteiger partial charge on any atom is -0.744 e. The van der Waals surface area contributed by atoms with E-state index in [0.29, 0.717) is 22.0 Å². The third-order valence-electron chi connectivity index (χ3n) is 5.96. The van der Waals surface area contributed by atoms with Crippen molar-refractivity contribution in [1.82, 2.24) is 0 Å². The fraction of sp³-hybridized carbons (Fsp3) is 0.154. The molecule has 0 atom stereocenters. The highest BCUT2D eigenvalue weighted by Crippen LogP contribution is 2.37. The molecule has 162 valence electrons. The highest BCUT2D eigenvalue weighted by molar-refractivity contribution is 7.97. The van der Waals surface area contributed by atoms with Crippen LogP contribution >= 0.6 is 0 Å². The first-order chi connectivity index (χ1) is 15.4. The van der Waals surface area contributed by atoms with Crippen LogP contribution in [0.5, 0.6) is 5.75 Å². The molecule has 1 saturated heterocycles. The van der Waals surface area contributed by atoms with Crippen molar-refractivity contribution in [3.63, 3.8) is 0 Å². The zero-order valence-corrected chi connectivity index (χ0v) is 19.0. The van der Waals surface area contributed by atoms with Gasteiger partial charge in [-0.2, -0.15) is 0 Å². The Balaban J connectivity index is 0.000000154. The number of rotatable bonds is 2. The number of phenols is 1. The van der Waals surface area contributed by atoms with Crippen LogP contribution in [0.25, 0.3) is 32.3 Å². The molecule has 1 fully saturated rings. The zero-order valence-electron chi connectivity index (χ0n) is 17.3. The summed E-state index contributed by atoms with van der Waals surface area (Å²) in [5.41, 5.74) is 0. The molecule has 1 N–H and O–H groups in total. The summed E-state index contributed by atoms with van der Waals surface area (Å²) in [4.78, 5) is 1.27. The fourth-order valence-electron chi connectivity index (χ4n) is 4.46. The molecule has 0 unspecified atom stereocenters. The molecule has 0 aliphatic carbocycles. The molecule has 0 radical (unpaired) electrons. The Morgan fingerprint density at radius 2 is 1.28 bits per heavy atom. The van der Waals surface area contributed by atoms with Crippen LogP contribution < -0.4 is 0 Å². The predicted octanol–water partition coefficient (Wildman–Crippen LogP) is 5.65. The van der Waals surface area contributed by atoms with Crippen LogP contribution in [0.15, 0.2) is 88.7 Å². The van der Waals surface area contributed by atoms with E-state index in [0.717, 1.165) is 26.9 Å². The lowest BCUT2D eigenvalue weighted by Gasteiger charge is -2.15. The molecule has 32 heavy (non-hydrogen) atoms. The van der Waals surface area contributed by atoms with Crippen LogP contribution in [0.2, 0.25) is 0 Å². The summed E-state index contributed by atoms with van der Waals surface area (Å²) in [6.45, 7) is 0. The van der Waals surface area contributed by atoms with Crippen molar-refractivity contribution in [2.24, 2.45) is 0 Å². The first kappa shape index (κ1) is 21.1. The summed E-state index contributed by atoms with van der Waals surface area (Å²) in [7, 11) is -3.99. The molecule has 1 aliphatic heterocycles. The zero-order chi connectivity index (χ0) is 22.3. The number of aromatic hydroxyl groups is 1. The minimum absolute atomic E-state index is 0.150. The third-order valence-corrected chi connectivity index (χ3v) is 9.36. The van der Waals surface area contributed by atoms with Gasteiger partial charge in [-0.3, -0.25) is 0 Å². The van der Waals surface area contributed by atoms with E-state index in [9.17, 15) is 13.0 Å². The molecular weight excluding hydrogens is 440 g/mol. The summed E-state index contributed by atoms with van der Waals surface area (Å²) in [6.07, 6.45) is 2.76. The molecule has 1 heterocycles. The lowest BCUT2D eigenvalue weighted by molar-refractivity contribution is 0.464. The summed E-state index contributed by atoms with van der Waals surface area (Å²) < 4.78 is 34.3. The van der Waals surface area contributed by atoms with E-state index in [2.05, 4.69) is 12.1 Å². The van der Waals surface area contributed by atoms with Crippen LogP contribution in [0, 0.1) is 0 Å². The maximum absolute atomic E-state index is 11.4. The summed E-state index contributed by atoms with van der Waals surface area (Å²) in [6, 6.07) is 24.3. The van der Waals surface area contributed by atoms with Gasteiger partial charge >= 0.3 is 0 Å². The van der Waals surface area contributed by atoms with Gasteiger partial charge in [0.1, 0.15) is 27.4 Å². The van der Waals surface area contributed by atoms with Gasteiger partial charge in [0.05, 0.1) is 4.90 Å². The summed E-state index contributed by atoms with van der Waals surface area (Å²) in [5.74, 6) is 3.08. The maximum Gasteiger partial charge on any atom is 0.155 e. The fourth-order valence-corrected chi connectivity index (χ4v) is 7.43. The molecule has 1 aliphatic rings. The van der Waals surface area contributed by atoms with E-state index < -0.39 is 10.1 Å². The Labute approximate surface area is 189 Å². The van der Waals surface area contributed by atoms with Gasteiger partial charge in [-0.15, -0.1) is 0 Å². The highest BCUT2D eigenvalue weighted by atomic mass is 32.2. The Kier molecular flexibility index (Phi) is 5.45. The molecule has 0 aromatic heterocycles. The normalized spacial score (nSPS) is 14.8. The van der Waals surface area contributed by atoms with Crippen molar-refractivity contribution in [3.05, 3.63) is 78.9 Å². The molecule has 0 amide bonds. The number of hydrogen-bond acceptors (Lipinski definition) is 4. The standard InChI is InChI=1S/C16H10O3S.C10H12OS/c17-20(18,19)14-9-7-12-5-4-10-2-1-3-11-6-8-13(14)16(12)15(10)11;11-9-3-5-10(6-4-9)12-7-1-2-8-12/h1-9H,(H,17,18,19);3-6H,1-2,7-8H2. The van der Waals surface area contributed by atoms with Crippen LogP contribution in [0.4, 0.5) is 0 Å². The van der Waals surface area contributed by atoms with Crippen molar-refractivity contribution in [2.45, 2.75) is 22.6 Å². The van der Waals surface area contributed by atoms with Gasteiger partial charge in [-0.1, -0.05) is 48.5 Å². The van der Waals surface area contributed by atoms with Gasteiger partial charge in [0, 0.05) is 16.3 Å². The monoisotopic (exact) mass is 462 g/mol. The molecular formula is C26H22O4S2. The van der Waals surface area contributed by atoms with Gasteiger partial charge in [-0.05, 0) is 70.1 Å². The molecule has 6 rings (SSSR count). The second kappa shape index (κ2) is 8.28. The van der Waals surface area contributed by atoms with Crippen LogP contribution in [0.1, 0.15) is 12.8 Å². The van der Waals surface area contributed by atoms with E-state index in [1.807, 2.05) is 36.4 Å². The minimum atomic E-state index is -4.48. The summed E-state index contributed by atoms with van der Waals surface area (Å²) in [5, 5.41) is 14.5. The SMILES string of the molecule is O=S(=O)([O-])c1ccc2ccc3cccc4ccc1c2c34.Oc1ccc([S+]2CCCC2)cc1. The van der Waals surface area contributed by atoms with Crippen molar-refractivity contribution >= 4 is 53.3 Å². The smallest absolute Gasteiger partial charge is 0.155 e. The second-order valence-electron chi connectivity index (χ2n) is 7.98. The number of benzene rings is 5. The Morgan fingerprint density at radius 1 is 0.719 bits per heavy atom. The molecule has 4 nitrogen and oxygen atoms in total. The predicted molar refractivity (Wildman–Crippen MR) is 131 cm³/mol. The molecule has 5 aromatic rings. The quantitative estimate of drug-likeness (QED) is 0.209. The largest absolute Gasteiger partial charge is 0.744 e. The van der Waals surface area contributed by atoms with Gasteiger partial charge < -0.3 is 9.66 Å². The van der Waals surface area contributed by atoms with Crippen molar-refractivity contribution in [3.8, 4) is 5.75 Å². The first-order valence-electron chi connectivity index (χ1n) is 10.5. The van der Waals surface area contributed by atoms with E-state index in [-0.39, 0.29) is 4.90 Å². The van der Waals surface area contributed by atoms with Crippen molar-refractivity contribution < 1.29 is 18.1 Å². The maximum atomic E-state index is 11.4. The van der Waals surface area contributed by atoms with Crippen LogP contribution in [-0.4, -0.2) is 29.6 Å². The average molecular weight is 463 g/mol. The molecule has 0 bridgehead atoms. The summed E-state index contributed by atoms with van der Waals surface area (Å²) >= 11 is 0.